The second-order valence-corrected chi connectivity index (χ2v) is 13.4. The Morgan fingerprint density at radius 2 is 2.02 bits per heavy atom. The first-order valence-electron chi connectivity index (χ1n) is 13.1. The van der Waals surface area contributed by atoms with E-state index < -0.39 is 49.4 Å². The van der Waals surface area contributed by atoms with Crippen molar-refractivity contribution in [2.45, 2.75) is 63.9 Å². The summed E-state index contributed by atoms with van der Waals surface area (Å²) in [6, 6.07) is 7.72. The number of carbonyl (C=O) groups is 1. The second kappa shape index (κ2) is 12.6. The highest BCUT2D eigenvalue weighted by Crippen LogP contribution is 2.48. The molecule has 0 saturated carbocycles. The summed E-state index contributed by atoms with van der Waals surface area (Å²) in [6.07, 6.45) is 2.01. The van der Waals surface area contributed by atoms with E-state index in [1.54, 1.807) is 77.0 Å². The maximum Gasteiger partial charge on any atom is 0.323 e. The quantitative estimate of drug-likeness (QED) is 0.186. The van der Waals surface area contributed by atoms with E-state index in [2.05, 4.69) is 26.0 Å². The molecule has 1 aromatic carbocycles. The van der Waals surface area contributed by atoms with Gasteiger partial charge in [-0.15, -0.1) is 6.42 Å². The average molecular weight is 621 g/mol. The number of alkyl halides is 1. The van der Waals surface area contributed by atoms with E-state index in [1.807, 2.05) is 0 Å². The van der Waals surface area contributed by atoms with Crippen molar-refractivity contribution in [1.29, 1.82) is 0 Å². The summed E-state index contributed by atoms with van der Waals surface area (Å²) >= 11 is 5.72. The maximum atomic E-state index is 16.3. The standard InChI is InChI=1S/C27H34FN6O6PS/c1-8-27(28)22(35)20(39-26(27)34-15-29-21-23(33(6)7)30-18(5)31-24(21)34)14-37-41(42,40-19-12-10-9-11-13-19)32-17(4)25(36)38-16(2)3/h1,9-13,15-17,20,22,26,35H,14H2,2-7H3,(H,32,42)/t17-,20+,22+,26+,27+,41-/m0/s1. The third kappa shape index (κ3) is 6.57. The maximum absolute atomic E-state index is 16.3. The van der Waals surface area contributed by atoms with Crippen LogP contribution in [0.5, 0.6) is 5.75 Å². The number of halogens is 1. The van der Waals surface area contributed by atoms with Crippen LogP contribution in [0.4, 0.5) is 10.2 Å². The Kier molecular flexibility index (Phi) is 9.52. The van der Waals surface area contributed by atoms with E-state index in [4.69, 9.17) is 36.8 Å². The number of fused-ring (bicyclic) bond motifs is 1. The molecule has 2 N–H and O–H groups in total. The number of aliphatic hydroxyl groups is 1. The van der Waals surface area contributed by atoms with Gasteiger partial charge < -0.3 is 28.5 Å². The van der Waals surface area contributed by atoms with Crippen LogP contribution < -0.4 is 14.5 Å². The van der Waals surface area contributed by atoms with Crippen LogP contribution >= 0.6 is 6.64 Å². The van der Waals surface area contributed by atoms with Gasteiger partial charge in [0.1, 0.15) is 29.8 Å². The highest BCUT2D eigenvalue weighted by Gasteiger charge is 2.58. The van der Waals surface area contributed by atoms with E-state index in [1.165, 1.54) is 10.9 Å². The van der Waals surface area contributed by atoms with Gasteiger partial charge in [-0.3, -0.25) is 9.36 Å². The summed E-state index contributed by atoms with van der Waals surface area (Å²) in [6.45, 7) is 2.78. The number of carbonyl (C=O) groups excluding carboxylic acids is 1. The first-order valence-corrected chi connectivity index (χ1v) is 15.8. The van der Waals surface area contributed by atoms with Crippen LogP contribution in [-0.4, -0.2) is 81.3 Å². The molecule has 1 saturated heterocycles. The van der Waals surface area contributed by atoms with E-state index in [-0.39, 0.29) is 11.8 Å². The number of aromatic nitrogens is 4. The third-order valence-electron chi connectivity index (χ3n) is 6.29. The fourth-order valence-electron chi connectivity index (χ4n) is 4.31. The van der Waals surface area contributed by atoms with Crippen molar-refractivity contribution in [3.8, 4) is 18.1 Å². The van der Waals surface area contributed by atoms with Crippen LogP contribution in [0.3, 0.4) is 0 Å². The molecule has 0 unspecified atom stereocenters. The second-order valence-electron chi connectivity index (χ2n) is 10.2. The minimum absolute atomic E-state index is 0.277. The van der Waals surface area contributed by atoms with E-state index in [0.29, 0.717) is 22.9 Å². The largest absolute Gasteiger partial charge is 0.462 e. The van der Waals surface area contributed by atoms with Gasteiger partial charge in [-0.25, -0.2) is 24.4 Å². The Morgan fingerprint density at radius 3 is 2.64 bits per heavy atom. The van der Waals surface area contributed by atoms with Crippen LogP contribution in [0.25, 0.3) is 11.2 Å². The lowest BCUT2D eigenvalue weighted by Gasteiger charge is -2.28. The number of imidazole rings is 1. The number of nitrogens with zero attached hydrogens (tertiary/aromatic N) is 5. The van der Waals surface area contributed by atoms with Crippen molar-refractivity contribution in [2.75, 3.05) is 25.6 Å². The van der Waals surface area contributed by atoms with Gasteiger partial charge in [0.2, 0.25) is 5.67 Å². The topological polar surface area (TPSA) is 133 Å². The SMILES string of the molecule is C#C[C@@]1(F)[C@H](O)[C@@H](CO[P@@](=S)(N[C@@H](C)C(=O)OC(C)C)Oc2ccccc2)O[C@H]1n1cnc2c(N(C)C)nc(C)nc21. The highest BCUT2D eigenvalue weighted by atomic mass is 32.5. The lowest BCUT2D eigenvalue weighted by Crippen LogP contribution is -2.42. The molecule has 1 aliphatic heterocycles. The fourth-order valence-corrected chi connectivity index (χ4v) is 6.72. The number of para-hydroxylation sites is 1. The smallest absolute Gasteiger partial charge is 0.323 e. The summed E-state index contributed by atoms with van der Waals surface area (Å²) in [4.78, 5) is 27.4. The summed E-state index contributed by atoms with van der Waals surface area (Å²) in [7, 11) is 3.59. The molecule has 1 fully saturated rings. The molecule has 0 spiro atoms. The molecule has 3 heterocycles. The van der Waals surface area contributed by atoms with E-state index in [9.17, 15) is 9.90 Å². The van der Waals surface area contributed by atoms with Crippen LogP contribution in [0.15, 0.2) is 36.7 Å². The van der Waals surface area contributed by atoms with Crippen molar-refractivity contribution in [2.24, 2.45) is 0 Å². The highest BCUT2D eigenvalue weighted by molar-refractivity contribution is 8.09. The van der Waals surface area contributed by atoms with Gasteiger partial charge in [0, 0.05) is 14.1 Å². The molecule has 0 radical (unpaired) electrons. The van der Waals surface area contributed by atoms with Crippen LogP contribution in [-0.2, 0) is 30.6 Å². The summed E-state index contributed by atoms with van der Waals surface area (Å²) in [5.74, 6) is 2.81. The average Bonchev–Trinajstić information content (AvgIpc) is 3.45. The normalized spacial score (nSPS) is 24.2. The molecular weight excluding hydrogens is 586 g/mol. The monoisotopic (exact) mass is 620 g/mol. The number of ether oxygens (including phenoxy) is 2. The molecule has 42 heavy (non-hydrogen) atoms. The Balaban J connectivity index is 1.61. The third-order valence-corrected chi connectivity index (χ3v) is 8.79. The molecule has 15 heteroatoms. The summed E-state index contributed by atoms with van der Waals surface area (Å²) < 4.78 is 40.9. The van der Waals surface area contributed by atoms with Gasteiger partial charge in [0.05, 0.1) is 19.0 Å². The molecule has 6 atom stereocenters. The first-order chi connectivity index (χ1) is 19.8. The molecule has 12 nitrogen and oxygen atoms in total. The van der Waals surface area contributed by atoms with Gasteiger partial charge in [-0.1, -0.05) is 24.1 Å². The fraction of sp³-hybridized carbons (Fsp3) is 0.481. The van der Waals surface area contributed by atoms with Gasteiger partial charge >= 0.3 is 12.6 Å². The number of benzene rings is 1. The van der Waals surface area contributed by atoms with Crippen LogP contribution in [0.1, 0.15) is 32.8 Å². The first kappa shape index (κ1) is 31.7. The minimum atomic E-state index is -3.50. The van der Waals surface area contributed by atoms with Crippen LogP contribution in [0, 0.1) is 19.3 Å². The van der Waals surface area contributed by atoms with Crippen molar-refractivity contribution >= 4 is 41.4 Å². The Bertz CT molecular complexity index is 1520. The Morgan fingerprint density at radius 1 is 1.33 bits per heavy atom. The van der Waals surface area contributed by atoms with Crippen molar-refractivity contribution < 1.29 is 32.8 Å². The van der Waals surface area contributed by atoms with Gasteiger partial charge in [0.25, 0.3) is 0 Å². The number of nitrogens with one attached hydrogen (secondary N) is 1. The van der Waals surface area contributed by atoms with E-state index >= 15 is 4.39 Å². The van der Waals surface area contributed by atoms with Crippen LogP contribution in [0.2, 0.25) is 0 Å². The number of anilines is 1. The zero-order valence-electron chi connectivity index (χ0n) is 24.1. The molecule has 3 aromatic rings. The molecule has 226 valence electrons. The number of aryl methyl sites for hydroxylation is 1. The number of rotatable bonds is 11. The molecule has 0 bridgehead atoms. The number of terminal acetylenes is 1. The molecule has 0 amide bonds. The van der Waals surface area contributed by atoms with Gasteiger partial charge in [-0.05, 0) is 51.6 Å². The molecular formula is C27H34FN6O6PS. The number of esters is 1. The molecule has 2 aromatic heterocycles. The Hall–Kier alpha value is -3.18. The molecule has 4 rings (SSSR count). The van der Waals surface area contributed by atoms with Crippen molar-refractivity contribution in [1.82, 2.24) is 24.6 Å². The van der Waals surface area contributed by atoms with Crippen molar-refractivity contribution in [3.63, 3.8) is 0 Å². The predicted molar refractivity (Wildman–Crippen MR) is 158 cm³/mol. The van der Waals surface area contributed by atoms with Gasteiger partial charge in [0.15, 0.2) is 23.2 Å². The zero-order chi connectivity index (χ0) is 30.8. The number of hydrogen-bond donors (Lipinski definition) is 2. The lowest BCUT2D eigenvalue weighted by molar-refractivity contribution is -0.149. The Labute approximate surface area is 248 Å². The minimum Gasteiger partial charge on any atom is -0.462 e. The molecule has 0 aliphatic carbocycles. The molecule has 1 aliphatic rings. The predicted octanol–water partition coefficient (Wildman–Crippen LogP) is 3.05. The van der Waals surface area contributed by atoms with E-state index in [0.717, 1.165) is 0 Å². The van der Waals surface area contributed by atoms with Gasteiger partial charge in [-0.2, -0.15) is 0 Å². The number of aliphatic hydroxyl groups excluding tert-OH is 1. The number of hydrogen-bond acceptors (Lipinski definition) is 11. The lowest BCUT2D eigenvalue weighted by atomic mass is 9.97. The van der Waals surface area contributed by atoms with Crippen molar-refractivity contribution in [3.05, 3.63) is 42.5 Å². The zero-order valence-corrected chi connectivity index (χ0v) is 25.8. The summed E-state index contributed by atoms with van der Waals surface area (Å²) in [5, 5.41) is 14.0. The summed E-state index contributed by atoms with van der Waals surface area (Å²) in [5.41, 5.74) is -2.00.